The molecule has 1 atom stereocenters. The third kappa shape index (κ3) is 24.6. The highest BCUT2D eigenvalue weighted by molar-refractivity contribution is 5.69. The van der Waals surface area contributed by atoms with Gasteiger partial charge in [-0.3, -0.25) is 4.79 Å². The van der Waals surface area contributed by atoms with Crippen molar-refractivity contribution >= 4 is 5.97 Å². The summed E-state index contributed by atoms with van der Waals surface area (Å²) >= 11 is 0. The third-order valence-corrected chi connectivity index (χ3v) is 7.67. The van der Waals surface area contributed by atoms with Crippen LogP contribution < -0.4 is 0 Å². The minimum atomic E-state index is 0.0136. The van der Waals surface area contributed by atoms with Gasteiger partial charge in [-0.1, -0.05) is 128 Å². The molecule has 0 saturated heterocycles. The van der Waals surface area contributed by atoms with Crippen molar-refractivity contribution in [1.29, 1.82) is 0 Å². The quantitative estimate of drug-likeness (QED) is 0.243. The highest BCUT2D eigenvalue weighted by Crippen LogP contribution is 2.15. The maximum Gasteiger partial charge on any atom is 0.305 e. The summed E-state index contributed by atoms with van der Waals surface area (Å²) in [5.41, 5.74) is 0. The first-order chi connectivity index (χ1) is 17.8. The molecular weight excluding hydrogens is 440 g/mol. The molecule has 1 unspecified atom stereocenters. The molecule has 2 nitrogen and oxygen atoms in total. The molecule has 0 aromatic heterocycles. The van der Waals surface area contributed by atoms with Crippen LogP contribution in [0.4, 0.5) is 0 Å². The van der Waals surface area contributed by atoms with Crippen molar-refractivity contribution in [2.45, 2.75) is 174 Å². The molecule has 210 valence electrons. The van der Waals surface area contributed by atoms with Crippen LogP contribution in [0.25, 0.3) is 0 Å². The van der Waals surface area contributed by atoms with Gasteiger partial charge in [0, 0.05) is 6.42 Å². The fraction of sp³-hybridized carbons (Fsp3) is 0.853. The van der Waals surface area contributed by atoms with Crippen molar-refractivity contribution in [3.05, 3.63) is 24.3 Å². The molecule has 1 aliphatic heterocycles. The van der Waals surface area contributed by atoms with Gasteiger partial charge in [-0.15, -0.1) is 0 Å². The SMILES string of the molecule is CC1CCCCCC=CCCCCCCCCC=CCCCCCCCCCCCCCC(=O)OC1. The van der Waals surface area contributed by atoms with Crippen molar-refractivity contribution < 1.29 is 9.53 Å². The maximum absolute atomic E-state index is 12.0. The summed E-state index contributed by atoms with van der Waals surface area (Å²) < 4.78 is 5.52. The molecule has 0 amide bonds. The number of carbonyl (C=O) groups is 1. The lowest BCUT2D eigenvalue weighted by molar-refractivity contribution is -0.145. The molecule has 0 N–H and O–H groups in total. The van der Waals surface area contributed by atoms with Crippen LogP contribution in [-0.4, -0.2) is 12.6 Å². The van der Waals surface area contributed by atoms with E-state index in [1.54, 1.807) is 0 Å². The van der Waals surface area contributed by atoms with Crippen LogP contribution in [-0.2, 0) is 9.53 Å². The third-order valence-electron chi connectivity index (χ3n) is 7.67. The Morgan fingerprint density at radius 2 is 0.833 bits per heavy atom. The fourth-order valence-electron chi connectivity index (χ4n) is 5.15. The molecule has 0 aromatic carbocycles. The van der Waals surface area contributed by atoms with Gasteiger partial charge in [-0.05, 0) is 70.1 Å². The number of allylic oxidation sites excluding steroid dienone is 4. The van der Waals surface area contributed by atoms with Gasteiger partial charge in [0.05, 0.1) is 6.61 Å². The van der Waals surface area contributed by atoms with Gasteiger partial charge in [0.2, 0.25) is 0 Å². The molecule has 0 spiro atoms. The molecular formula is C34H62O2. The number of hydrogen-bond donors (Lipinski definition) is 0. The normalized spacial score (nSPS) is 24.4. The van der Waals surface area contributed by atoms with E-state index in [1.807, 2.05) is 0 Å². The van der Waals surface area contributed by atoms with E-state index >= 15 is 0 Å². The van der Waals surface area contributed by atoms with Gasteiger partial charge in [-0.2, -0.15) is 0 Å². The Kier molecular flexibility index (Phi) is 24.7. The maximum atomic E-state index is 12.0. The van der Waals surface area contributed by atoms with E-state index < -0.39 is 0 Å². The average Bonchev–Trinajstić information content (AvgIpc) is 2.88. The first-order valence-corrected chi connectivity index (χ1v) is 16.2. The summed E-state index contributed by atoms with van der Waals surface area (Å²) in [7, 11) is 0. The van der Waals surface area contributed by atoms with Crippen molar-refractivity contribution in [1.82, 2.24) is 0 Å². The molecule has 0 aliphatic carbocycles. The predicted octanol–water partition coefficient (Wildman–Crippen LogP) is 11.4. The Hall–Kier alpha value is -1.05. The lowest BCUT2D eigenvalue weighted by Gasteiger charge is -2.12. The highest BCUT2D eigenvalue weighted by Gasteiger charge is 2.07. The summed E-state index contributed by atoms with van der Waals surface area (Å²) in [6.45, 7) is 2.83. The zero-order valence-corrected chi connectivity index (χ0v) is 24.3. The van der Waals surface area contributed by atoms with E-state index in [9.17, 15) is 4.79 Å². The summed E-state index contributed by atoms with van der Waals surface area (Å²) in [6, 6.07) is 0. The summed E-state index contributed by atoms with van der Waals surface area (Å²) in [5.74, 6) is 0.503. The predicted molar refractivity (Wildman–Crippen MR) is 158 cm³/mol. The van der Waals surface area contributed by atoms with Crippen LogP contribution in [0.2, 0.25) is 0 Å². The zero-order chi connectivity index (χ0) is 25.8. The minimum Gasteiger partial charge on any atom is -0.465 e. The summed E-state index contributed by atoms with van der Waals surface area (Å²) in [5, 5.41) is 0. The zero-order valence-electron chi connectivity index (χ0n) is 24.3. The standard InChI is InChI=1S/C34H62O2/c1-33-30-28-26-24-22-20-18-16-14-12-10-8-6-4-2-3-5-7-9-11-13-15-17-19-21-23-25-27-29-31-34(35)36-32-33/h3,5,18,20,33H,2,4,6-17,19,21-32H2,1H3. The molecule has 1 aliphatic rings. The topological polar surface area (TPSA) is 26.3 Å². The van der Waals surface area contributed by atoms with Crippen LogP contribution >= 0.6 is 0 Å². The van der Waals surface area contributed by atoms with Gasteiger partial charge in [0.15, 0.2) is 0 Å². The molecule has 0 radical (unpaired) electrons. The minimum absolute atomic E-state index is 0.0136. The highest BCUT2D eigenvalue weighted by atomic mass is 16.5. The molecule has 1 rings (SSSR count). The number of ether oxygens (including phenoxy) is 1. The van der Waals surface area contributed by atoms with Crippen molar-refractivity contribution in [3.63, 3.8) is 0 Å². The number of hydrogen-bond acceptors (Lipinski definition) is 2. The van der Waals surface area contributed by atoms with Gasteiger partial charge in [-0.25, -0.2) is 0 Å². The smallest absolute Gasteiger partial charge is 0.305 e. The van der Waals surface area contributed by atoms with E-state index in [2.05, 4.69) is 31.2 Å². The summed E-state index contributed by atoms with van der Waals surface area (Å²) in [4.78, 5) is 12.0. The van der Waals surface area contributed by atoms with Crippen LogP contribution in [0.3, 0.4) is 0 Å². The lowest BCUT2D eigenvalue weighted by Crippen LogP contribution is -2.11. The molecule has 0 saturated carbocycles. The van der Waals surface area contributed by atoms with Crippen LogP contribution in [0.5, 0.6) is 0 Å². The largest absolute Gasteiger partial charge is 0.465 e. The monoisotopic (exact) mass is 502 g/mol. The van der Waals surface area contributed by atoms with Crippen LogP contribution in [0, 0.1) is 5.92 Å². The van der Waals surface area contributed by atoms with Crippen LogP contribution in [0.1, 0.15) is 174 Å². The fourth-order valence-corrected chi connectivity index (χ4v) is 5.15. The molecule has 1 heterocycles. The van der Waals surface area contributed by atoms with Crippen molar-refractivity contribution in [2.24, 2.45) is 5.92 Å². The Morgan fingerprint density at radius 1 is 0.500 bits per heavy atom. The Balaban J connectivity index is 2.17. The Morgan fingerprint density at radius 3 is 1.25 bits per heavy atom. The Bertz CT molecular complexity index is 521. The number of esters is 1. The summed E-state index contributed by atoms with van der Waals surface area (Å²) in [6.07, 6.45) is 43.1. The van der Waals surface area contributed by atoms with E-state index in [1.165, 1.54) is 154 Å². The van der Waals surface area contributed by atoms with E-state index in [0.717, 1.165) is 6.42 Å². The van der Waals surface area contributed by atoms with Gasteiger partial charge in [0.25, 0.3) is 0 Å². The molecule has 36 heavy (non-hydrogen) atoms. The van der Waals surface area contributed by atoms with E-state index in [4.69, 9.17) is 4.74 Å². The van der Waals surface area contributed by atoms with Gasteiger partial charge in [0.1, 0.15) is 0 Å². The Labute approximate surface area is 226 Å². The van der Waals surface area contributed by atoms with Crippen molar-refractivity contribution in [3.8, 4) is 0 Å². The van der Waals surface area contributed by atoms with Crippen molar-refractivity contribution in [2.75, 3.05) is 6.61 Å². The molecule has 0 bridgehead atoms. The number of cyclic esters (lactones) is 1. The first-order valence-electron chi connectivity index (χ1n) is 16.2. The number of rotatable bonds is 0. The second kappa shape index (κ2) is 27.0. The lowest BCUT2D eigenvalue weighted by atomic mass is 10.0. The second-order valence-corrected chi connectivity index (χ2v) is 11.5. The molecule has 0 fully saturated rings. The number of carbonyl (C=O) groups excluding carboxylic acids is 1. The van der Waals surface area contributed by atoms with Gasteiger partial charge >= 0.3 is 5.97 Å². The van der Waals surface area contributed by atoms with E-state index in [0.29, 0.717) is 18.9 Å². The average molecular weight is 503 g/mol. The molecule has 0 aromatic rings. The van der Waals surface area contributed by atoms with Gasteiger partial charge < -0.3 is 4.74 Å². The second-order valence-electron chi connectivity index (χ2n) is 11.5. The first kappa shape index (κ1) is 33.0. The van der Waals surface area contributed by atoms with E-state index in [-0.39, 0.29) is 5.97 Å². The van der Waals surface area contributed by atoms with Crippen LogP contribution in [0.15, 0.2) is 24.3 Å². The molecule has 2 heteroatoms.